The second-order valence-corrected chi connectivity index (χ2v) is 7.85. The molecular weight excluding hydrogens is 264 g/mol. The lowest BCUT2D eigenvalue weighted by atomic mass is 9.94. The Morgan fingerprint density at radius 1 is 1.06 bits per heavy atom. The molecule has 1 aromatic rings. The first-order valence-electron chi connectivity index (χ1n) is 5.29. The standard InChI is InChI=1S/C11H14BF3O2S/c1-10(2,3)18(16,17)9-5-7(11(13,14)15)4-8(12)6-9/h4-6H,12H2,1-3H3. The fraction of sp³-hybridized carbons (Fsp3) is 0.455. The minimum Gasteiger partial charge on any atom is -0.223 e. The Labute approximate surface area is 106 Å². The van der Waals surface area contributed by atoms with Crippen molar-refractivity contribution in [2.75, 3.05) is 0 Å². The van der Waals surface area contributed by atoms with Crippen LogP contribution in [0.4, 0.5) is 13.2 Å². The smallest absolute Gasteiger partial charge is 0.223 e. The van der Waals surface area contributed by atoms with E-state index in [0.717, 1.165) is 6.07 Å². The monoisotopic (exact) mass is 278 g/mol. The van der Waals surface area contributed by atoms with Gasteiger partial charge in [-0.25, -0.2) is 8.42 Å². The van der Waals surface area contributed by atoms with E-state index >= 15 is 0 Å². The van der Waals surface area contributed by atoms with Gasteiger partial charge in [0.2, 0.25) is 0 Å². The topological polar surface area (TPSA) is 34.1 Å². The average Bonchev–Trinajstić information content (AvgIpc) is 2.13. The summed E-state index contributed by atoms with van der Waals surface area (Å²) in [6.45, 7) is 4.37. The highest BCUT2D eigenvalue weighted by Crippen LogP contribution is 2.32. The van der Waals surface area contributed by atoms with Crippen LogP contribution in [0.15, 0.2) is 23.1 Å². The fourth-order valence-corrected chi connectivity index (χ4v) is 2.75. The lowest BCUT2D eigenvalue weighted by molar-refractivity contribution is -0.137. The first-order chi connectivity index (χ1) is 7.85. The molecule has 0 radical (unpaired) electrons. The highest BCUT2D eigenvalue weighted by Gasteiger charge is 2.35. The van der Waals surface area contributed by atoms with E-state index in [1.54, 1.807) is 0 Å². The molecule has 0 spiro atoms. The van der Waals surface area contributed by atoms with Gasteiger partial charge in [-0.05, 0) is 32.9 Å². The van der Waals surface area contributed by atoms with E-state index in [1.165, 1.54) is 34.7 Å². The van der Waals surface area contributed by atoms with E-state index in [2.05, 4.69) is 0 Å². The van der Waals surface area contributed by atoms with Crippen LogP contribution in [-0.2, 0) is 16.0 Å². The predicted octanol–water partition coefficient (Wildman–Crippen LogP) is 1.54. The largest absolute Gasteiger partial charge is 0.416 e. The molecule has 0 heterocycles. The summed E-state index contributed by atoms with van der Waals surface area (Å²) in [4.78, 5) is -0.290. The Kier molecular flexibility index (Phi) is 3.60. The molecule has 0 amide bonds. The van der Waals surface area contributed by atoms with Crippen molar-refractivity contribution in [3.05, 3.63) is 23.8 Å². The maximum Gasteiger partial charge on any atom is 0.416 e. The minimum atomic E-state index is -4.55. The molecule has 0 atom stereocenters. The highest BCUT2D eigenvalue weighted by molar-refractivity contribution is 7.92. The molecule has 7 heteroatoms. The Morgan fingerprint density at radius 3 is 1.94 bits per heavy atom. The van der Waals surface area contributed by atoms with Gasteiger partial charge in [0.25, 0.3) is 0 Å². The second-order valence-electron chi connectivity index (χ2n) is 5.15. The van der Waals surface area contributed by atoms with Gasteiger partial charge in [0.1, 0.15) is 7.85 Å². The maximum atomic E-state index is 12.6. The first-order valence-corrected chi connectivity index (χ1v) is 6.77. The third-order valence-electron chi connectivity index (χ3n) is 2.49. The van der Waals surface area contributed by atoms with Gasteiger partial charge in [0.15, 0.2) is 9.84 Å². The summed E-state index contributed by atoms with van der Waals surface area (Å²) in [7, 11) is -2.34. The predicted molar refractivity (Wildman–Crippen MR) is 66.6 cm³/mol. The molecule has 0 saturated heterocycles. The Bertz CT molecular complexity index is 557. The summed E-state index contributed by atoms with van der Waals surface area (Å²) in [6.07, 6.45) is -4.55. The summed E-state index contributed by atoms with van der Waals surface area (Å²) in [5, 5.41) is 0. The van der Waals surface area contributed by atoms with Crippen LogP contribution >= 0.6 is 0 Å². The van der Waals surface area contributed by atoms with Crippen LogP contribution in [0, 0.1) is 0 Å². The summed E-state index contributed by atoms with van der Waals surface area (Å²) in [5.74, 6) is 0. The van der Waals surface area contributed by atoms with Crippen LogP contribution in [0.1, 0.15) is 26.3 Å². The maximum absolute atomic E-state index is 12.6. The average molecular weight is 278 g/mol. The van der Waals surface area contributed by atoms with Gasteiger partial charge < -0.3 is 0 Å². The second kappa shape index (κ2) is 4.29. The molecule has 1 rings (SSSR count). The number of hydrogen-bond acceptors (Lipinski definition) is 2. The molecule has 0 aliphatic heterocycles. The van der Waals surface area contributed by atoms with Gasteiger partial charge in [-0.2, -0.15) is 13.2 Å². The van der Waals surface area contributed by atoms with Crippen molar-refractivity contribution in [2.24, 2.45) is 0 Å². The summed E-state index contributed by atoms with van der Waals surface area (Å²) in [5.41, 5.74) is -0.669. The Morgan fingerprint density at radius 2 is 1.56 bits per heavy atom. The lowest BCUT2D eigenvalue weighted by Gasteiger charge is -2.20. The van der Waals surface area contributed by atoms with Crippen LogP contribution in [0.2, 0.25) is 0 Å². The number of sulfone groups is 1. The van der Waals surface area contributed by atoms with E-state index < -0.39 is 26.3 Å². The van der Waals surface area contributed by atoms with E-state index in [4.69, 9.17) is 0 Å². The van der Waals surface area contributed by atoms with Gasteiger partial charge in [-0.1, -0.05) is 11.5 Å². The van der Waals surface area contributed by atoms with Gasteiger partial charge >= 0.3 is 6.18 Å². The first kappa shape index (κ1) is 15.1. The van der Waals surface area contributed by atoms with Crippen molar-refractivity contribution < 1.29 is 21.6 Å². The summed E-state index contributed by atoms with van der Waals surface area (Å²) < 4.78 is 61.0. The van der Waals surface area contributed by atoms with Crippen molar-refractivity contribution in [1.29, 1.82) is 0 Å². The molecule has 0 aliphatic rings. The Balaban J connectivity index is 3.51. The van der Waals surface area contributed by atoms with E-state index in [0.29, 0.717) is 6.07 Å². The Hall–Kier alpha value is -0.975. The van der Waals surface area contributed by atoms with E-state index in [-0.39, 0.29) is 10.4 Å². The highest BCUT2D eigenvalue weighted by atomic mass is 32.2. The molecule has 1 aromatic carbocycles. The van der Waals surface area contributed by atoms with Crippen LogP contribution in [0.3, 0.4) is 0 Å². The van der Waals surface area contributed by atoms with Crippen LogP contribution < -0.4 is 5.46 Å². The normalized spacial score (nSPS) is 13.7. The van der Waals surface area contributed by atoms with Crippen molar-refractivity contribution >= 4 is 23.1 Å². The number of hydrogen-bond donors (Lipinski definition) is 0. The van der Waals surface area contributed by atoms with Crippen LogP contribution in [0.25, 0.3) is 0 Å². The van der Waals surface area contributed by atoms with Gasteiger partial charge in [-0.3, -0.25) is 0 Å². The van der Waals surface area contributed by atoms with Crippen molar-refractivity contribution in [2.45, 2.75) is 36.6 Å². The summed E-state index contributed by atoms with van der Waals surface area (Å²) >= 11 is 0. The minimum absolute atomic E-state index is 0.271. The molecule has 0 saturated carbocycles. The molecular formula is C11H14BF3O2S. The molecule has 0 bridgehead atoms. The number of benzene rings is 1. The van der Waals surface area contributed by atoms with E-state index in [9.17, 15) is 21.6 Å². The van der Waals surface area contributed by atoms with Gasteiger partial charge in [0, 0.05) is 0 Å². The summed E-state index contributed by atoms with van der Waals surface area (Å²) in [6, 6.07) is 2.88. The van der Waals surface area contributed by atoms with Gasteiger partial charge in [0.05, 0.1) is 15.2 Å². The number of halogens is 3. The molecule has 0 N–H and O–H groups in total. The lowest BCUT2D eigenvalue weighted by Crippen LogP contribution is -2.29. The fourth-order valence-electron chi connectivity index (χ4n) is 1.42. The number of rotatable bonds is 1. The molecule has 0 aliphatic carbocycles. The van der Waals surface area contributed by atoms with Crippen molar-refractivity contribution in [1.82, 2.24) is 0 Å². The number of alkyl halides is 3. The third kappa shape index (κ3) is 2.88. The quantitative estimate of drug-likeness (QED) is 0.730. The van der Waals surface area contributed by atoms with Crippen molar-refractivity contribution in [3.8, 4) is 0 Å². The van der Waals surface area contributed by atoms with Crippen molar-refractivity contribution in [3.63, 3.8) is 0 Å². The third-order valence-corrected chi connectivity index (χ3v) is 4.96. The van der Waals surface area contributed by atoms with Gasteiger partial charge in [-0.15, -0.1) is 0 Å². The molecule has 2 nitrogen and oxygen atoms in total. The zero-order valence-corrected chi connectivity index (χ0v) is 11.4. The molecule has 0 fully saturated rings. The zero-order valence-electron chi connectivity index (χ0n) is 10.6. The SMILES string of the molecule is Bc1cc(C(F)(F)F)cc(S(=O)(=O)C(C)(C)C)c1. The molecule has 100 valence electrons. The zero-order chi connectivity index (χ0) is 14.4. The molecule has 0 aromatic heterocycles. The molecule has 0 unspecified atom stereocenters. The van der Waals surface area contributed by atoms with E-state index in [1.807, 2.05) is 0 Å². The van der Waals surface area contributed by atoms with Crippen LogP contribution in [0.5, 0.6) is 0 Å². The molecule has 18 heavy (non-hydrogen) atoms. The van der Waals surface area contributed by atoms with Crippen LogP contribution in [-0.4, -0.2) is 21.0 Å².